The summed E-state index contributed by atoms with van der Waals surface area (Å²) < 4.78 is 93.3. The van der Waals surface area contributed by atoms with Crippen LogP contribution in [0.15, 0.2) is 97.1 Å². The Morgan fingerprint density at radius 2 is 1.12 bits per heavy atom. The molecule has 0 atom stereocenters. The number of halogens is 6. The van der Waals surface area contributed by atoms with Crippen molar-refractivity contribution in [2.24, 2.45) is 0 Å². The summed E-state index contributed by atoms with van der Waals surface area (Å²) in [6.07, 6.45) is -6.51. The fourth-order valence-corrected chi connectivity index (χ4v) is 4.95. The average molecular weight is 584 g/mol. The van der Waals surface area contributed by atoms with E-state index in [2.05, 4.69) is 5.32 Å². The van der Waals surface area contributed by atoms with Crippen molar-refractivity contribution in [2.75, 3.05) is 13.1 Å². The maximum atomic E-state index is 13.6. The minimum absolute atomic E-state index is 0.148. The predicted octanol–water partition coefficient (Wildman–Crippen LogP) is 8.93. The van der Waals surface area contributed by atoms with Gasteiger partial charge >= 0.3 is 12.4 Å². The Morgan fingerprint density at radius 3 is 1.64 bits per heavy atom. The molecule has 0 saturated carbocycles. The molecular weight excluding hydrogens is 556 g/mol. The van der Waals surface area contributed by atoms with E-state index in [0.717, 1.165) is 28.8 Å². The zero-order valence-electron chi connectivity index (χ0n) is 22.4. The highest BCUT2D eigenvalue weighted by Crippen LogP contribution is 2.39. The summed E-state index contributed by atoms with van der Waals surface area (Å²) in [6.45, 7) is 1.00. The topological polar surface area (TPSA) is 30.5 Å². The summed E-state index contributed by atoms with van der Waals surface area (Å²) in [4.78, 5) is 0. The standard InChI is InChI=1S/C33H27F6NO2/c34-32(35,36)28-10-4-6-12-30(28)41-20-24-19-27(23-14-16-40-17-15-23)25(18-26(24)22-8-2-1-3-9-22)21-42-31-13-7-5-11-29(31)33(37,38)39/h1-14,18-19,40H,15-17,20-21H2. The van der Waals surface area contributed by atoms with Crippen LogP contribution in [0.3, 0.4) is 0 Å². The van der Waals surface area contributed by atoms with Crippen molar-refractivity contribution < 1.29 is 35.8 Å². The summed E-state index contributed by atoms with van der Waals surface area (Å²) in [7, 11) is 0. The molecule has 1 heterocycles. The summed E-state index contributed by atoms with van der Waals surface area (Å²) in [6, 6.07) is 23.0. The van der Waals surface area contributed by atoms with E-state index in [9.17, 15) is 26.3 Å². The molecule has 218 valence electrons. The number of benzene rings is 4. The molecule has 0 spiro atoms. The molecular formula is C33H27F6NO2. The van der Waals surface area contributed by atoms with Crippen LogP contribution in [0.5, 0.6) is 11.5 Å². The van der Waals surface area contributed by atoms with E-state index >= 15 is 0 Å². The molecule has 0 saturated heterocycles. The van der Waals surface area contributed by atoms with Crippen molar-refractivity contribution in [2.45, 2.75) is 32.0 Å². The third kappa shape index (κ3) is 6.79. The van der Waals surface area contributed by atoms with Gasteiger partial charge in [-0.05, 0) is 82.8 Å². The lowest BCUT2D eigenvalue weighted by Crippen LogP contribution is -2.20. The van der Waals surface area contributed by atoms with E-state index in [0.29, 0.717) is 36.2 Å². The summed E-state index contributed by atoms with van der Waals surface area (Å²) >= 11 is 0. The average Bonchev–Trinajstić information content (AvgIpc) is 2.99. The molecule has 1 aliphatic heterocycles. The molecule has 42 heavy (non-hydrogen) atoms. The molecule has 4 aromatic carbocycles. The van der Waals surface area contributed by atoms with Crippen LogP contribution in [0.2, 0.25) is 0 Å². The summed E-state index contributed by atoms with van der Waals surface area (Å²) in [5, 5.41) is 3.24. The summed E-state index contributed by atoms with van der Waals surface area (Å²) in [5.41, 5.74) is 2.72. The van der Waals surface area contributed by atoms with E-state index < -0.39 is 23.5 Å². The Balaban J connectivity index is 1.57. The van der Waals surface area contributed by atoms with Gasteiger partial charge in [0.1, 0.15) is 24.7 Å². The quantitative estimate of drug-likeness (QED) is 0.210. The Hall–Kier alpha value is -4.24. The number of rotatable bonds is 8. The van der Waals surface area contributed by atoms with Crippen molar-refractivity contribution in [3.63, 3.8) is 0 Å². The second-order valence-electron chi connectivity index (χ2n) is 9.78. The van der Waals surface area contributed by atoms with Gasteiger partial charge in [0, 0.05) is 6.54 Å². The molecule has 0 aliphatic carbocycles. The van der Waals surface area contributed by atoms with Gasteiger partial charge in [-0.1, -0.05) is 60.7 Å². The number of hydrogen-bond donors (Lipinski definition) is 1. The highest BCUT2D eigenvalue weighted by Gasteiger charge is 2.35. The first-order valence-corrected chi connectivity index (χ1v) is 13.3. The maximum absolute atomic E-state index is 13.6. The van der Waals surface area contributed by atoms with Gasteiger partial charge < -0.3 is 14.8 Å². The first kappa shape index (κ1) is 29.3. The third-order valence-corrected chi connectivity index (χ3v) is 6.97. The predicted molar refractivity (Wildman–Crippen MR) is 149 cm³/mol. The van der Waals surface area contributed by atoms with E-state index in [1.165, 1.54) is 36.4 Å². The van der Waals surface area contributed by atoms with Gasteiger partial charge in [-0.2, -0.15) is 26.3 Å². The van der Waals surface area contributed by atoms with Gasteiger partial charge in [0.2, 0.25) is 0 Å². The van der Waals surface area contributed by atoms with Crippen LogP contribution in [0, 0.1) is 0 Å². The Bertz CT molecular complexity index is 1560. The van der Waals surface area contributed by atoms with Crippen molar-refractivity contribution >= 4 is 5.57 Å². The van der Waals surface area contributed by atoms with Crippen LogP contribution in [-0.4, -0.2) is 13.1 Å². The minimum Gasteiger partial charge on any atom is -0.488 e. The highest BCUT2D eigenvalue weighted by molar-refractivity contribution is 5.76. The largest absolute Gasteiger partial charge is 0.488 e. The van der Waals surface area contributed by atoms with Crippen LogP contribution in [0.1, 0.15) is 34.2 Å². The van der Waals surface area contributed by atoms with Crippen molar-refractivity contribution in [3.05, 3.63) is 125 Å². The molecule has 0 radical (unpaired) electrons. The second kappa shape index (κ2) is 12.3. The zero-order chi connectivity index (χ0) is 29.7. The van der Waals surface area contributed by atoms with Gasteiger partial charge in [-0.25, -0.2) is 0 Å². The molecule has 0 aromatic heterocycles. The van der Waals surface area contributed by atoms with E-state index in [-0.39, 0.29) is 24.7 Å². The van der Waals surface area contributed by atoms with Crippen LogP contribution in [0.25, 0.3) is 16.7 Å². The molecule has 5 rings (SSSR count). The van der Waals surface area contributed by atoms with E-state index in [1.54, 1.807) is 0 Å². The summed E-state index contributed by atoms with van der Waals surface area (Å²) in [5.74, 6) is -0.574. The number of ether oxygens (including phenoxy) is 2. The lowest BCUT2D eigenvalue weighted by atomic mass is 9.89. The van der Waals surface area contributed by atoms with E-state index in [4.69, 9.17) is 9.47 Å². The van der Waals surface area contributed by atoms with Crippen molar-refractivity contribution in [1.29, 1.82) is 0 Å². The first-order valence-electron chi connectivity index (χ1n) is 13.3. The van der Waals surface area contributed by atoms with Gasteiger partial charge in [0.25, 0.3) is 0 Å². The van der Waals surface area contributed by atoms with Crippen LogP contribution in [0.4, 0.5) is 26.3 Å². The minimum atomic E-state index is -4.59. The molecule has 0 fully saturated rings. The number of hydrogen-bond acceptors (Lipinski definition) is 3. The van der Waals surface area contributed by atoms with Gasteiger partial charge in [0.15, 0.2) is 0 Å². The molecule has 3 nitrogen and oxygen atoms in total. The molecule has 0 amide bonds. The van der Waals surface area contributed by atoms with Gasteiger partial charge in [-0.3, -0.25) is 0 Å². The number of nitrogens with one attached hydrogen (secondary N) is 1. The van der Waals surface area contributed by atoms with Crippen molar-refractivity contribution in [3.8, 4) is 22.6 Å². The van der Waals surface area contributed by atoms with Crippen LogP contribution < -0.4 is 14.8 Å². The first-order chi connectivity index (χ1) is 20.1. The van der Waals surface area contributed by atoms with Crippen LogP contribution in [-0.2, 0) is 25.6 Å². The van der Waals surface area contributed by atoms with Gasteiger partial charge in [-0.15, -0.1) is 0 Å². The highest BCUT2D eigenvalue weighted by atomic mass is 19.4. The van der Waals surface area contributed by atoms with Crippen molar-refractivity contribution in [1.82, 2.24) is 5.32 Å². The smallest absolute Gasteiger partial charge is 0.419 e. The SMILES string of the molecule is FC(F)(F)c1ccccc1OCc1cc(-c2ccccc2)c(COc2ccccc2C(F)(F)F)cc1C1=CCNCC1. The Morgan fingerprint density at radius 1 is 0.619 bits per heavy atom. The van der Waals surface area contributed by atoms with Crippen LogP contribution >= 0.6 is 0 Å². The fraction of sp³-hybridized carbons (Fsp3) is 0.212. The normalized spacial score (nSPS) is 13.9. The number of alkyl halides is 6. The Kier molecular flexibility index (Phi) is 8.59. The monoisotopic (exact) mass is 583 g/mol. The number of para-hydroxylation sites is 2. The molecule has 1 aliphatic rings. The zero-order valence-corrected chi connectivity index (χ0v) is 22.4. The molecule has 0 bridgehead atoms. The maximum Gasteiger partial charge on any atom is 0.419 e. The fourth-order valence-electron chi connectivity index (χ4n) is 4.95. The van der Waals surface area contributed by atoms with E-state index in [1.807, 2.05) is 48.5 Å². The van der Waals surface area contributed by atoms with Gasteiger partial charge in [0.05, 0.1) is 11.1 Å². The second-order valence-corrected chi connectivity index (χ2v) is 9.78. The molecule has 4 aromatic rings. The lowest BCUT2D eigenvalue weighted by Gasteiger charge is -2.22. The molecule has 9 heteroatoms. The molecule has 0 unspecified atom stereocenters. The third-order valence-electron chi connectivity index (χ3n) is 6.97. The Labute approximate surface area is 239 Å². The lowest BCUT2D eigenvalue weighted by molar-refractivity contribution is -0.139. The molecule has 1 N–H and O–H groups in total.